The molecule has 0 bridgehead atoms. The van der Waals surface area contributed by atoms with Crippen molar-refractivity contribution in [3.05, 3.63) is 46.6 Å². The zero-order chi connectivity index (χ0) is 12.6. The summed E-state index contributed by atoms with van der Waals surface area (Å²) in [5.41, 5.74) is 7.09. The smallest absolute Gasteiger partial charge is 0.0699 e. The van der Waals surface area contributed by atoms with Crippen LogP contribution in [0, 0.1) is 20.8 Å². The molecule has 2 nitrogen and oxygen atoms in total. The summed E-state index contributed by atoms with van der Waals surface area (Å²) in [5.74, 6) is 0. The van der Waals surface area contributed by atoms with Gasteiger partial charge in [-0.2, -0.15) is 0 Å². The monoisotopic (exact) mass is 229 g/mol. The summed E-state index contributed by atoms with van der Waals surface area (Å²) in [6, 6.07) is 8.55. The number of rotatable bonds is 2. The summed E-state index contributed by atoms with van der Waals surface area (Å²) in [4.78, 5) is 0. The molecule has 2 aromatic rings. The molecule has 0 saturated heterocycles. The number of aliphatic hydroxyl groups excluding tert-OH is 1. The van der Waals surface area contributed by atoms with E-state index in [0.717, 1.165) is 11.3 Å². The van der Waals surface area contributed by atoms with Crippen LogP contribution in [0.1, 0.15) is 22.4 Å². The minimum absolute atomic E-state index is 0.102. The van der Waals surface area contributed by atoms with Gasteiger partial charge < -0.3 is 9.67 Å². The molecule has 0 amide bonds. The SMILES string of the molecule is Cc1ccc(-c2cc(CO)c(C)n2C)c(C)c1. The number of benzene rings is 1. The Hall–Kier alpha value is -1.54. The van der Waals surface area contributed by atoms with Gasteiger partial charge in [0.05, 0.1) is 6.61 Å². The van der Waals surface area contributed by atoms with Gasteiger partial charge in [0.15, 0.2) is 0 Å². The Morgan fingerprint density at radius 1 is 1.12 bits per heavy atom. The lowest BCUT2D eigenvalue weighted by Gasteiger charge is -2.09. The molecule has 1 N–H and O–H groups in total. The van der Waals surface area contributed by atoms with Crippen LogP contribution < -0.4 is 0 Å². The number of aromatic nitrogens is 1. The van der Waals surface area contributed by atoms with Gasteiger partial charge in [0.2, 0.25) is 0 Å². The Labute approximate surface area is 103 Å². The molecule has 90 valence electrons. The summed E-state index contributed by atoms with van der Waals surface area (Å²) in [6.45, 7) is 6.37. The largest absolute Gasteiger partial charge is 0.392 e. The maximum atomic E-state index is 9.30. The van der Waals surface area contributed by atoms with E-state index in [1.54, 1.807) is 0 Å². The van der Waals surface area contributed by atoms with E-state index >= 15 is 0 Å². The quantitative estimate of drug-likeness (QED) is 0.841. The number of aliphatic hydroxyl groups is 1. The maximum Gasteiger partial charge on any atom is 0.0699 e. The van der Waals surface area contributed by atoms with Crippen molar-refractivity contribution in [2.75, 3.05) is 0 Å². The third-order valence-electron chi connectivity index (χ3n) is 3.47. The highest BCUT2D eigenvalue weighted by atomic mass is 16.3. The van der Waals surface area contributed by atoms with E-state index in [1.807, 2.05) is 14.0 Å². The number of hydrogen-bond donors (Lipinski definition) is 1. The van der Waals surface area contributed by atoms with E-state index in [-0.39, 0.29) is 6.61 Å². The van der Waals surface area contributed by atoms with Crippen LogP contribution in [0.25, 0.3) is 11.3 Å². The van der Waals surface area contributed by atoms with E-state index < -0.39 is 0 Å². The van der Waals surface area contributed by atoms with Crippen molar-refractivity contribution in [1.82, 2.24) is 4.57 Å². The van der Waals surface area contributed by atoms with Gasteiger partial charge in [0, 0.05) is 24.0 Å². The third kappa shape index (κ3) is 2.01. The van der Waals surface area contributed by atoms with Crippen molar-refractivity contribution in [2.45, 2.75) is 27.4 Å². The van der Waals surface area contributed by atoms with Gasteiger partial charge in [-0.25, -0.2) is 0 Å². The molecule has 0 atom stereocenters. The van der Waals surface area contributed by atoms with Crippen LogP contribution in [0.3, 0.4) is 0 Å². The van der Waals surface area contributed by atoms with E-state index in [2.05, 4.69) is 42.7 Å². The molecule has 0 radical (unpaired) electrons. The van der Waals surface area contributed by atoms with Gasteiger partial charge in [-0.3, -0.25) is 0 Å². The number of nitrogens with zero attached hydrogens (tertiary/aromatic N) is 1. The molecule has 17 heavy (non-hydrogen) atoms. The minimum Gasteiger partial charge on any atom is -0.392 e. The van der Waals surface area contributed by atoms with E-state index in [9.17, 15) is 5.11 Å². The molecule has 1 heterocycles. The van der Waals surface area contributed by atoms with Gasteiger partial charge in [-0.15, -0.1) is 0 Å². The molecule has 0 aliphatic carbocycles. The van der Waals surface area contributed by atoms with Crippen LogP contribution in [-0.2, 0) is 13.7 Å². The predicted octanol–water partition coefficient (Wildman–Crippen LogP) is 3.11. The Morgan fingerprint density at radius 3 is 2.35 bits per heavy atom. The average Bonchev–Trinajstić information content (AvgIpc) is 2.57. The van der Waals surface area contributed by atoms with Crippen LogP contribution in [0.5, 0.6) is 0 Å². The number of hydrogen-bond acceptors (Lipinski definition) is 1. The highest BCUT2D eigenvalue weighted by Gasteiger charge is 2.11. The normalized spacial score (nSPS) is 10.9. The Morgan fingerprint density at radius 2 is 1.82 bits per heavy atom. The van der Waals surface area contributed by atoms with E-state index in [4.69, 9.17) is 0 Å². The van der Waals surface area contributed by atoms with E-state index in [0.29, 0.717) is 0 Å². The van der Waals surface area contributed by atoms with Crippen LogP contribution >= 0.6 is 0 Å². The molecule has 0 fully saturated rings. The summed E-state index contributed by atoms with van der Waals surface area (Å²) in [5, 5.41) is 9.30. The first kappa shape index (κ1) is 11.9. The predicted molar refractivity (Wildman–Crippen MR) is 71.0 cm³/mol. The summed E-state index contributed by atoms with van der Waals surface area (Å²) < 4.78 is 2.14. The van der Waals surface area contributed by atoms with Gasteiger partial charge in [-0.1, -0.05) is 23.8 Å². The van der Waals surface area contributed by atoms with Crippen molar-refractivity contribution in [2.24, 2.45) is 7.05 Å². The molecular formula is C15H19NO. The van der Waals surface area contributed by atoms with Gasteiger partial charge >= 0.3 is 0 Å². The summed E-state index contributed by atoms with van der Waals surface area (Å²) in [6.07, 6.45) is 0. The standard InChI is InChI=1S/C15H19NO/c1-10-5-6-14(11(2)7-10)15-8-13(9-17)12(3)16(15)4/h5-8,17H,9H2,1-4H3. The maximum absolute atomic E-state index is 9.30. The Balaban J connectivity index is 2.60. The molecule has 2 rings (SSSR count). The second-order valence-corrected chi connectivity index (χ2v) is 4.68. The average molecular weight is 229 g/mol. The van der Waals surface area contributed by atoms with E-state index in [1.165, 1.54) is 22.4 Å². The Kier molecular flexibility index (Phi) is 3.07. The second kappa shape index (κ2) is 4.38. The molecule has 0 aliphatic heterocycles. The lowest BCUT2D eigenvalue weighted by atomic mass is 10.0. The molecular weight excluding hydrogens is 210 g/mol. The van der Waals surface area contributed by atoms with Crippen molar-refractivity contribution in [3.8, 4) is 11.3 Å². The molecule has 0 aliphatic rings. The second-order valence-electron chi connectivity index (χ2n) is 4.68. The van der Waals surface area contributed by atoms with Crippen molar-refractivity contribution in [3.63, 3.8) is 0 Å². The van der Waals surface area contributed by atoms with Gasteiger partial charge in [0.25, 0.3) is 0 Å². The fraction of sp³-hybridized carbons (Fsp3) is 0.333. The summed E-state index contributed by atoms with van der Waals surface area (Å²) >= 11 is 0. The van der Waals surface area contributed by atoms with Gasteiger partial charge in [-0.05, 0) is 38.0 Å². The highest BCUT2D eigenvalue weighted by Crippen LogP contribution is 2.28. The first-order chi connectivity index (χ1) is 8.04. The lowest BCUT2D eigenvalue weighted by Crippen LogP contribution is -1.96. The minimum atomic E-state index is 0.102. The van der Waals surface area contributed by atoms with Crippen molar-refractivity contribution < 1.29 is 5.11 Å². The zero-order valence-electron chi connectivity index (χ0n) is 10.9. The highest BCUT2D eigenvalue weighted by molar-refractivity contribution is 5.66. The Bertz CT molecular complexity index is 552. The van der Waals surface area contributed by atoms with Crippen LogP contribution in [0.2, 0.25) is 0 Å². The van der Waals surface area contributed by atoms with Gasteiger partial charge in [0.1, 0.15) is 0 Å². The molecule has 1 aromatic carbocycles. The fourth-order valence-corrected chi connectivity index (χ4v) is 2.28. The first-order valence-electron chi connectivity index (χ1n) is 5.88. The third-order valence-corrected chi connectivity index (χ3v) is 3.47. The summed E-state index contributed by atoms with van der Waals surface area (Å²) in [7, 11) is 2.04. The van der Waals surface area contributed by atoms with Crippen molar-refractivity contribution >= 4 is 0 Å². The van der Waals surface area contributed by atoms with Crippen molar-refractivity contribution in [1.29, 1.82) is 0 Å². The molecule has 0 saturated carbocycles. The molecule has 1 aromatic heterocycles. The number of aryl methyl sites for hydroxylation is 2. The van der Waals surface area contributed by atoms with Crippen LogP contribution in [0.15, 0.2) is 24.3 Å². The topological polar surface area (TPSA) is 25.2 Å². The first-order valence-corrected chi connectivity index (χ1v) is 5.88. The van der Waals surface area contributed by atoms with Crippen LogP contribution in [0.4, 0.5) is 0 Å². The lowest BCUT2D eigenvalue weighted by molar-refractivity contribution is 0.281. The zero-order valence-corrected chi connectivity index (χ0v) is 10.9. The van der Waals surface area contributed by atoms with Crippen LogP contribution in [-0.4, -0.2) is 9.67 Å². The molecule has 0 spiro atoms. The molecule has 0 unspecified atom stereocenters. The fourth-order valence-electron chi connectivity index (χ4n) is 2.28. The molecule has 2 heteroatoms.